The number of hydrogen-bond acceptors (Lipinski definition) is 7. The molecule has 3 heterocycles. The molecule has 4 rings (SSSR count). The summed E-state index contributed by atoms with van der Waals surface area (Å²) in [6, 6.07) is 0. The second kappa shape index (κ2) is 10.9. The fraction of sp³-hybridized carbons (Fsp3) is 0.583. The van der Waals surface area contributed by atoms with Crippen LogP contribution in [0, 0.1) is 5.92 Å². The molecule has 0 radical (unpaired) electrons. The first-order valence-corrected chi connectivity index (χ1v) is 13.6. The number of amides is 1. The predicted octanol–water partition coefficient (Wildman–Crippen LogP) is 3.81. The molecule has 2 aromatic heterocycles. The molecular weight excluding hydrogens is 458 g/mol. The van der Waals surface area contributed by atoms with Gasteiger partial charge in [-0.25, -0.2) is 4.98 Å². The van der Waals surface area contributed by atoms with E-state index in [2.05, 4.69) is 6.58 Å². The van der Waals surface area contributed by atoms with Gasteiger partial charge in [-0.3, -0.25) is 19.0 Å². The molecule has 1 aliphatic heterocycles. The van der Waals surface area contributed by atoms with Crippen molar-refractivity contribution in [3.63, 3.8) is 0 Å². The number of aromatic nitrogens is 2. The number of nitrogens with zero attached hydrogens (tertiary/aromatic N) is 3. The van der Waals surface area contributed by atoms with Gasteiger partial charge >= 0.3 is 5.97 Å². The van der Waals surface area contributed by atoms with Crippen LogP contribution in [0.3, 0.4) is 0 Å². The Kier molecular flexibility index (Phi) is 7.90. The van der Waals surface area contributed by atoms with Gasteiger partial charge in [0.25, 0.3) is 5.56 Å². The van der Waals surface area contributed by atoms with E-state index < -0.39 is 0 Å². The summed E-state index contributed by atoms with van der Waals surface area (Å²) < 4.78 is 6.76. The van der Waals surface area contributed by atoms with Crippen molar-refractivity contribution in [1.82, 2.24) is 14.5 Å². The van der Waals surface area contributed by atoms with Gasteiger partial charge in [-0.2, -0.15) is 0 Å². The Morgan fingerprint density at radius 1 is 1.24 bits per heavy atom. The first-order valence-electron chi connectivity index (χ1n) is 11.8. The fourth-order valence-electron chi connectivity index (χ4n) is 4.64. The molecule has 1 fully saturated rings. The highest BCUT2D eigenvalue weighted by atomic mass is 32.2. The highest BCUT2D eigenvalue weighted by molar-refractivity contribution is 7.99. The predicted molar refractivity (Wildman–Crippen MR) is 132 cm³/mol. The summed E-state index contributed by atoms with van der Waals surface area (Å²) in [7, 11) is 0. The van der Waals surface area contributed by atoms with E-state index in [0.717, 1.165) is 35.9 Å². The number of carbonyl (C=O) groups is 2. The van der Waals surface area contributed by atoms with E-state index in [9.17, 15) is 14.4 Å². The number of carbonyl (C=O) groups excluding carboxylic acids is 2. The minimum atomic E-state index is -0.167. The van der Waals surface area contributed by atoms with Gasteiger partial charge in [0.15, 0.2) is 5.16 Å². The number of aryl methyl sites for hydroxylation is 2. The zero-order valence-electron chi connectivity index (χ0n) is 19.1. The van der Waals surface area contributed by atoms with Gasteiger partial charge in [-0.05, 0) is 51.0 Å². The maximum atomic E-state index is 13.4. The van der Waals surface area contributed by atoms with Gasteiger partial charge in [-0.15, -0.1) is 17.9 Å². The molecule has 1 amide bonds. The van der Waals surface area contributed by atoms with Crippen molar-refractivity contribution in [1.29, 1.82) is 0 Å². The molecule has 2 aromatic rings. The van der Waals surface area contributed by atoms with Crippen molar-refractivity contribution in [2.75, 3.05) is 25.4 Å². The molecule has 0 spiro atoms. The number of likely N-dealkylation sites (tertiary alicyclic amines) is 1. The van der Waals surface area contributed by atoms with Gasteiger partial charge < -0.3 is 9.64 Å². The van der Waals surface area contributed by atoms with Crippen LogP contribution in [-0.4, -0.2) is 51.8 Å². The third-order valence-corrected chi connectivity index (χ3v) is 8.54. The van der Waals surface area contributed by atoms with Gasteiger partial charge in [0.05, 0.1) is 23.7 Å². The van der Waals surface area contributed by atoms with Crippen LogP contribution in [0.15, 0.2) is 22.6 Å². The molecule has 2 aliphatic rings. The minimum Gasteiger partial charge on any atom is -0.466 e. The number of rotatable bonds is 7. The SMILES string of the molecule is C=CCn1c(SCC(=O)N2CCC(C(=O)OCC)CC2)nc2sc3c(c2c1=O)CCCCC3. The van der Waals surface area contributed by atoms with E-state index in [1.807, 2.05) is 0 Å². The van der Waals surface area contributed by atoms with Crippen molar-refractivity contribution >= 4 is 45.2 Å². The summed E-state index contributed by atoms with van der Waals surface area (Å²) in [5.41, 5.74) is 1.16. The molecule has 1 saturated heterocycles. The Labute approximate surface area is 202 Å². The van der Waals surface area contributed by atoms with E-state index in [-0.39, 0.29) is 29.1 Å². The van der Waals surface area contributed by atoms with Gasteiger partial charge in [-0.1, -0.05) is 24.3 Å². The van der Waals surface area contributed by atoms with Crippen LogP contribution in [0.25, 0.3) is 10.2 Å². The standard InChI is InChI=1S/C24H31N3O4S2/c1-3-12-27-22(29)20-17-8-6-5-7-9-18(17)33-21(20)25-24(27)32-15-19(28)26-13-10-16(11-14-26)23(30)31-4-2/h3,16H,1,4-15H2,2H3. The number of ether oxygens (including phenoxy) is 1. The summed E-state index contributed by atoms with van der Waals surface area (Å²) in [5, 5.41) is 1.33. The van der Waals surface area contributed by atoms with Crippen molar-refractivity contribution in [3.05, 3.63) is 33.4 Å². The van der Waals surface area contributed by atoms with Crippen LogP contribution in [0.2, 0.25) is 0 Å². The molecule has 0 atom stereocenters. The molecule has 1 aliphatic carbocycles. The molecule has 178 valence electrons. The smallest absolute Gasteiger partial charge is 0.309 e. The Morgan fingerprint density at radius 2 is 2.00 bits per heavy atom. The monoisotopic (exact) mass is 489 g/mol. The second-order valence-electron chi connectivity index (χ2n) is 8.54. The maximum Gasteiger partial charge on any atom is 0.309 e. The normalized spacial score (nSPS) is 16.9. The average Bonchev–Trinajstić information content (AvgIpc) is 3.00. The van der Waals surface area contributed by atoms with E-state index in [0.29, 0.717) is 44.2 Å². The molecule has 0 bridgehead atoms. The summed E-state index contributed by atoms with van der Waals surface area (Å²) in [6.07, 6.45) is 8.37. The lowest BCUT2D eigenvalue weighted by molar-refractivity contribution is -0.151. The van der Waals surface area contributed by atoms with Crippen molar-refractivity contribution in [2.24, 2.45) is 5.92 Å². The lowest BCUT2D eigenvalue weighted by atomic mass is 9.97. The van der Waals surface area contributed by atoms with E-state index in [1.165, 1.54) is 28.6 Å². The number of piperidine rings is 1. The minimum absolute atomic E-state index is 0.00349. The van der Waals surface area contributed by atoms with Crippen molar-refractivity contribution in [3.8, 4) is 0 Å². The quantitative estimate of drug-likeness (QED) is 0.193. The molecule has 0 aromatic carbocycles. The molecule has 33 heavy (non-hydrogen) atoms. The fourth-order valence-corrected chi connectivity index (χ4v) is 6.85. The van der Waals surface area contributed by atoms with Crippen LogP contribution in [0.4, 0.5) is 0 Å². The molecule has 0 saturated carbocycles. The zero-order valence-corrected chi connectivity index (χ0v) is 20.8. The first-order chi connectivity index (χ1) is 16.0. The lowest BCUT2D eigenvalue weighted by Gasteiger charge is -2.30. The first kappa shape index (κ1) is 24.0. The van der Waals surface area contributed by atoms with Gasteiger partial charge in [0.1, 0.15) is 4.83 Å². The third-order valence-electron chi connectivity index (χ3n) is 6.39. The molecule has 7 nitrogen and oxygen atoms in total. The van der Waals surface area contributed by atoms with E-state index in [1.54, 1.807) is 33.8 Å². The highest BCUT2D eigenvalue weighted by Gasteiger charge is 2.28. The van der Waals surface area contributed by atoms with Crippen LogP contribution < -0.4 is 5.56 Å². The Balaban J connectivity index is 1.49. The maximum absolute atomic E-state index is 13.4. The number of thioether (sulfide) groups is 1. The Bertz CT molecular complexity index is 1100. The number of fused-ring (bicyclic) bond motifs is 3. The van der Waals surface area contributed by atoms with Crippen LogP contribution in [-0.2, 0) is 33.7 Å². The lowest BCUT2D eigenvalue weighted by Crippen LogP contribution is -2.41. The van der Waals surface area contributed by atoms with Gasteiger partial charge in [0.2, 0.25) is 5.91 Å². The second-order valence-corrected chi connectivity index (χ2v) is 10.6. The largest absolute Gasteiger partial charge is 0.466 e. The summed E-state index contributed by atoms with van der Waals surface area (Å²) >= 11 is 2.95. The average molecular weight is 490 g/mol. The third kappa shape index (κ3) is 5.19. The number of esters is 1. The molecule has 0 N–H and O–H groups in total. The number of allylic oxidation sites excluding steroid dienone is 1. The van der Waals surface area contributed by atoms with Crippen LogP contribution >= 0.6 is 23.1 Å². The number of hydrogen-bond donors (Lipinski definition) is 0. The van der Waals surface area contributed by atoms with E-state index >= 15 is 0 Å². The highest BCUT2D eigenvalue weighted by Crippen LogP contribution is 2.34. The molecular formula is C24H31N3O4S2. The zero-order chi connectivity index (χ0) is 23.4. The van der Waals surface area contributed by atoms with Crippen LogP contribution in [0.1, 0.15) is 49.5 Å². The van der Waals surface area contributed by atoms with Crippen molar-refractivity contribution in [2.45, 2.75) is 63.6 Å². The summed E-state index contributed by atoms with van der Waals surface area (Å²) in [5.74, 6) is -0.0786. The Morgan fingerprint density at radius 3 is 2.73 bits per heavy atom. The number of thiophene rings is 1. The van der Waals surface area contributed by atoms with Gasteiger partial charge in [0, 0.05) is 24.5 Å². The van der Waals surface area contributed by atoms with Crippen LogP contribution in [0.5, 0.6) is 0 Å². The summed E-state index contributed by atoms with van der Waals surface area (Å²) in [6.45, 7) is 7.45. The Hall–Kier alpha value is -2.13. The summed E-state index contributed by atoms with van der Waals surface area (Å²) in [4.78, 5) is 46.9. The van der Waals surface area contributed by atoms with E-state index in [4.69, 9.17) is 9.72 Å². The van der Waals surface area contributed by atoms with Crippen molar-refractivity contribution < 1.29 is 14.3 Å². The molecule has 9 heteroatoms. The molecule has 0 unspecified atom stereocenters. The topological polar surface area (TPSA) is 81.5 Å².